The third kappa shape index (κ3) is 5.13. The van der Waals surface area contributed by atoms with E-state index in [2.05, 4.69) is 15.9 Å². The van der Waals surface area contributed by atoms with Crippen LogP contribution in [0.2, 0.25) is 0 Å². The summed E-state index contributed by atoms with van der Waals surface area (Å²) in [4.78, 5) is 15.9. The number of nitrogens with zero attached hydrogens (tertiary/aromatic N) is 2. The fourth-order valence-corrected chi connectivity index (χ4v) is 3.18. The summed E-state index contributed by atoms with van der Waals surface area (Å²) in [5, 5.41) is 0. The Balaban J connectivity index is 1.58. The van der Waals surface area contributed by atoms with Crippen molar-refractivity contribution in [1.82, 2.24) is 4.90 Å². The monoisotopic (exact) mass is 438 g/mol. The lowest BCUT2D eigenvalue weighted by Gasteiger charge is -2.35. The van der Waals surface area contributed by atoms with Crippen LogP contribution in [0.5, 0.6) is 0 Å². The molecule has 1 heterocycles. The lowest BCUT2D eigenvalue weighted by Crippen LogP contribution is -2.48. The second-order valence-electron chi connectivity index (χ2n) is 6.25. The van der Waals surface area contributed by atoms with Crippen molar-refractivity contribution in [3.8, 4) is 0 Å². The lowest BCUT2D eigenvalue weighted by atomic mass is 10.1. The summed E-state index contributed by atoms with van der Waals surface area (Å²) in [6.45, 7) is 1.94. The van der Waals surface area contributed by atoms with Gasteiger partial charge in [-0.3, -0.25) is 4.79 Å². The average Bonchev–Trinajstić information content (AvgIpc) is 2.67. The molecule has 1 saturated heterocycles. The zero-order valence-electron chi connectivity index (χ0n) is 14.4. The van der Waals surface area contributed by atoms with Crippen LogP contribution < -0.4 is 4.90 Å². The van der Waals surface area contributed by atoms with Crippen LogP contribution in [0.3, 0.4) is 0 Å². The number of hydrogen-bond donors (Lipinski definition) is 0. The summed E-state index contributed by atoms with van der Waals surface area (Å²) < 4.78 is 39.6. The molecule has 142 valence electrons. The van der Waals surface area contributed by atoms with E-state index >= 15 is 0 Å². The van der Waals surface area contributed by atoms with E-state index in [4.69, 9.17) is 0 Å². The molecule has 0 atom stereocenters. The van der Waals surface area contributed by atoms with Crippen LogP contribution in [-0.2, 0) is 11.0 Å². The Morgan fingerprint density at radius 2 is 1.67 bits per heavy atom. The Labute approximate surface area is 164 Å². The van der Waals surface area contributed by atoms with Gasteiger partial charge in [0.15, 0.2) is 0 Å². The topological polar surface area (TPSA) is 23.6 Å². The highest BCUT2D eigenvalue weighted by Crippen LogP contribution is 2.31. The first kappa shape index (κ1) is 19.5. The average molecular weight is 439 g/mol. The van der Waals surface area contributed by atoms with Gasteiger partial charge in [0, 0.05) is 42.4 Å². The van der Waals surface area contributed by atoms with Gasteiger partial charge in [0.25, 0.3) is 0 Å². The van der Waals surface area contributed by atoms with E-state index in [1.54, 1.807) is 17.0 Å². The fraction of sp³-hybridized carbons (Fsp3) is 0.250. The number of amides is 1. The number of hydrogen-bond acceptors (Lipinski definition) is 2. The van der Waals surface area contributed by atoms with Gasteiger partial charge < -0.3 is 9.80 Å². The van der Waals surface area contributed by atoms with E-state index < -0.39 is 11.7 Å². The predicted octanol–water partition coefficient (Wildman–Crippen LogP) is 4.83. The molecule has 0 radical (unpaired) electrons. The largest absolute Gasteiger partial charge is 0.416 e. The Morgan fingerprint density at radius 1 is 1.00 bits per heavy atom. The molecular formula is C20H18BrF3N2O. The Bertz CT molecular complexity index is 826. The van der Waals surface area contributed by atoms with Crippen LogP contribution >= 0.6 is 15.9 Å². The molecule has 0 aliphatic carbocycles. The molecule has 0 spiro atoms. The minimum Gasteiger partial charge on any atom is -0.368 e. The van der Waals surface area contributed by atoms with Gasteiger partial charge >= 0.3 is 6.18 Å². The van der Waals surface area contributed by atoms with Crippen molar-refractivity contribution in [3.63, 3.8) is 0 Å². The van der Waals surface area contributed by atoms with Crippen molar-refractivity contribution in [2.75, 3.05) is 31.1 Å². The van der Waals surface area contributed by atoms with Gasteiger partial charge in [0.2, 0.25) is 5.91 Å². The van der Waals surface area contributed by atoms with E-state index in [-0.39, 0.29) is 5.91 Å². The van der Waals surface area contributed by atoms with Gasteiger partial charge in [-0.2, -0.15) is 13.2 Å². The van der Waals surface area contributed by atoms with Crippen LogP contribution in [0.15, 0.2) is 59.1 Å². The van der Waals surface area contributed by atoms with Crippen LogP contribution in [0, 0.1) is 0 Å². The fourth-order valence-electron chi connectivity index (χ4n) is 2.91. The Kier molecular flexibility index (Phi) is 5.89. The third-order valence-electron chi connectivity index (χ3n) is 4.42. The minimum atomic E-state index is -4.36. The highest BCUT2D eigenvalue weighted by atomic mass is 79.9. The summed E-state index contributed by atoms with van der Waals surface area (Å²) in [5.74, 6) is -0.0957. The molecule has 1 fully saturated rings. The zero-order valence-corrected chi connectivity index (χ0v) is 16.0. The van der Waals surface area contributed by atoms with Crippen LogP contribution in [-0.4, -0.2) is 37.0 Å². The lowest BCUT2D eigenvalue weighted by molar-refractivity contribution is -0.137. The minimum absolute atomic E-state index is 0.0957. The molecule has 3 rings (SSSR count). The highest BCUT2D eigenvalue weighted by molar-refractivity contribution is 9.10. The normalized spacial score (nSPS) is 15.4. The molecule has 2 aromatic rings. The van der Waals surface area contributed by atoms with Gasteiger partial charge in [0.05, 0.1) is 5.56 Å². The maximum Gasteiger partial charge on any atom is 0.416 e. The summed E-state index contributed by atoms with van der Waals surface area (Å²) in [6.07, 6.45) is -1.07. The summed E-state index contributed by atoms with van der Waals surface area (Å²) in [7, 11) is 0. The molecule has 1 amide bonds. The first-order valence-electron chi connectivity index (χ1n) is 8.48. The van der Waals surface area contributed by atoms with Gasteiger partial charge in [-0.1, -0.05) is 34.1 Å². The van der Waals surface area contributed by atoms with Crippen molar-refractivity contribution in [3.05, 3.63) is 70.2 Å². The highest BCUT2D eigenvalue weighted by Gasteiger charge is 2.31. The molecule has 0 unspecified atom stereocenters. The van der Waals surface area contributed by atoms with Crippen molar-refractivity contribution >= 4 is 33.6 Å². The van der Waals surface area contributed by atoms with Crippen molar-refractivity contribution in [2.24, 2.45) is 0 Å². The number of benzene rings is 2. The third-order valence-corrected chi connectivity index (χ3v) is 4.95. The molecule has 3 nitrogen and oxygen atoms in total. The molecule has 2 aromatic carbocycles. The molecular weight excluding hydrogens is 421 g/mol. The van der Waals surface area contributed by atoms with Crippen LogP contribution in [0.1, 0.15) is 11.1 Å². The molecule has 7 heteroatoms. The van der Waals surface area contributed by atoms with Gasteiger partial charge in [-0.15, -0.1) is 0 Å². The number of alkyl halides is 3. The molecule has 0 N–H and O–H groups in total. The quantitative estimate of drug-likeness (QED) is 0.640. The number of carbonyl (C=O) groups excluding carboxylic acids is 1. The molecule has 0 saturated carbocycles. The first-order chi connectivity index (χ1) is 12.8. The predicted molar refractivity (Wildman–Crippen MR) is 103 cm³/mol. The van der Waals surface area contributed by atoms with Crippen LogP contribution in [0.25, 0.3) is 6.08 Å². The second kappa shape index (κ2) is 8.17. The first-order valence-corrected chi connectivity index (χ1v) is 9.27. The van der Waals surface area contributed by atoms with Gasteiger partial charge in [0.1, 0.15) is 0 Å². The van der Waals surface area contributed by atoms with Crippen LogP contribution in [0.4, 0.5) is 18.9 Å². The number of carbonyl (C=O) groups is 1. The van der Waals surface area contributed by atoms with E-state index in [0.717, 1.165) is 22.2 Å². The van der Waals surface area contributed by atoms with E-state index in [9.17, 15) is 18.0 Å². The summed E-state index contributed by atoms with van der Waals surface area (Å²) in [5.41, 5.74) is 0.799. The van der Waals surface area contributed by atoms with E-state index in [1.807, 2.05) is 29.2 Å². The molecule has 1 aliphatic rings. The molecule has 1 aliphatic heterocycles. The SMILES string of the molecule is O=C(/C=C/c1ccc(Br)cc1)N1CCN(c2cccc(C(F)(F)F)c2)CC1. The van der Waals surface area contributed by atoms with Crippen molar-refractivity contribution in [1.29, 1.82) is 0 Å². The van der Waals surface area contributed by atoms with E-state index in [1.165, 1.54) is 12.1 Å². The van der Waals surface area contributed by atoms with Crippen molar-refractivity contribution in [2.45, 2.75) is 6.18 Å². The number of anilines is 1. The smallest absolute Gasteiger partial charge is 0.368 e. The Hall–Kier alpha value is -2.28. The standard InChI is InChI=1S/C20H18BrF3N2O/c21-17-7-4-15(5-8-17)6-9-19(27)26-12-10-25(11-13-26)18-3-1-2-16(14-18)20(22,23)24/h1-9,14H,10-13H2/b9-6+. The second-order valence-corrected chi connectivity index (χ2v) is 7.16. The maximum absolute atomic E-state index is 12.9. The van der Waals surface area contributed by atoms with Gasteiger partial charge in [-0.25, -0.2) is 0 Å². The number of piperazine rings is 1. The summed E-state index contributed by atoms with van der Waals surface area (Å²) >= 11 is 3.36. The van der Waals surface area contributed by atoms with Crippen molar-refractivity contribution < 1.29 is 18.0 Å². The summed E-state index contributed by atoms with van der Waals surface area (Å²) in [6, 6.07) is 12.9. The molecule has 27 heavy (non-hydrogen) atoms. The molecule has 0 bridgehead atoms. The Morgan fingerprint density at radius 3 is 2.30 bits per heavy atom. The number of halogens is 4. The maximum atomic E-state index is 12.9. The number of rotatable bonds is 3. The van der Waals surface area contributed by atoms with E-state index in [0.29, 0.717) is 31.9 Å². The van der Waals surface area contributed by atoms with Gasteiger partial charge in [-0.05, 0) is 42.0 Å². The zero-order chi connectivity index (χ0) is 19.4. The molecule has 0 aromatic heterocycles.